The maximum absolute atomic E-state index is 12.5. The summed E-state index contributed by atoms with van der Waals surface area (Å²) in [5.41, 5.74) is 0. The van der Waals surface area contributed by atoms with Gasteiger partial charge in [-0.1, -0.05) is 288 Å². The minimum atomic E-state index is -0.952. The van der Waals surface area contributed by atoms with Gasteiger partial charge < -0.3 is 20.6 Å². The van der Waals surface area contributed by atoms with Crippen molar-refractivity contribution in [2.24, 2.45) is 0 Å². The zero-order chi connectivity index (χ0) is 47.2. The van der Waals surface area contributed by atoms with E-state index < -0.39 is 18.2 Å². The molecular weight excluding hydrogens is 799 g/mol. The van der Waals surface area contributed by atoms with Gasteiger partial charge >= 0.3 is 0 Å². The molecule has 0 saturated carbocycles. The number of hydrogen-bond donors (Lipinski definition) is 4. The van der Waals surface area contributed by atoms with Crippen LogP contribution in [0, 0.1) is 0 Å². The first-order valence-corrected chi connectivity index (χ1v) is 29.3. The highest BCUT2D eigenvalue weighted by Gasteiger charge is 2.20. The first-order valence-electron chi connectivity index (χ1n) is 29.3. The van der Waals surface area contributed by atoms with E-state index in [9.17, 15) is 20.1 Å². The molecule has 1 amide bonds. The van der Waals surface area contributed by atoms with Crippen molar-refractivity contribution in [2.45, 2.75) is 334 Å². The number of carbonyl (C=O) groups is 1. The molecule has 0 rings (SSSR count). The maximum atomic E-state index is 12.5. The van der Waals surface area contributed by atoms with Crippen LogP contribution in [-0.4, -0.2) is 46.1 Å². The molecule has 0 spiro atoms. The van der Waals surface area contributed by atoms with Gasteiger partial charge in [0.1, 0.15) is 0 Å². The first kappa shape index (κ1) is 63.6. The third-order valence-corrected chi connectivity index (χ3v) is 13.6. The molecule has 384 valence electrons. The first-order chi connectivity index (χ1) is 32.0. The minimum absolute atomic E-state index is 0.00761. The molecule has 0 radical (unpaired) electrons. The van der Waals surface area contributed by atoms with Crippen LogP contribution in [0.2, 0.25) is 0 Å². The van der Waals surface area contributed by atoms with Gasteiger partial charge in [0.25, 0.3) is 0 Å². The molecule has 3 unspecified atom stereocenters. The van der Waals surface area contributed by atoms with E-state index in [1.807, 2.05) is 6.08 Å². The Balaban J connectivity index is 3.57. The number of aliphatic hydroxyl groups excluding tert-OH is 3. The van der Waals surface area contributed by atoms with Crippen molar-refractivity contribution < 1.29 is 20.1 Å². The molecule has 0 saturated heterocycles. The molecule has 0 aromatic rings. The lowest BCUT2D eigenvalue weighted by atomic mass is 10.0. The summed E-state index contributed by atoms with van der Waals surface area (Å²) in [6.45, 7) is 4.24. The van der Waals surface area contributed by atoms with Crippen molar-refractivity contribution in [1.82, 2.24) is 5.32 Å². The molecule has 4 N–H and O–H groups in total. The van der Waals surface area contributed by atoms with Crippen molar-refractivity contribution in [2.75, 3.05) is 6.61 Å². The second-order valence-corrected chi connectivity index (χ2v) is 20.2. The van der Waals surface area contributed by atoms with Crippen molar-refractivity contribution in [3.8, 4) is 0 Å². The van der Waals surface area contributed by atoms with Crippen LogP contribution in [0.15, 0.2) is 36.5 Å². The van der Waals surface area contributed by atoms with Crippen LogP contribution in [0.4, 0.5) is 0 Å². The molecule has 65 heavy (non-hydrogen) atoms. The summed E-state index contributed by atoms with van der Waals surface area (Å²) in [5.74, 6) is -0.321. The fraction of sp³-hybridized carbons (Fsp3) is 0.883. The second kappa shape index (κ2) is 55.2. The molecule has 5 heteroatoms. The van der Waals surface area contributed by atoms with Crippen LogP contribution in [0.3, 0.4) is 0 Å². The largest absolute Gasteiger partial charge is 0.394 e. The van der Waals surface area contributed by atoms with E-state index in [0.29, 0.717) is 6.42 Å². The molecule has 0 aromatic carbocycles. The Kier molecular flexibility index (Phi) is 54.0. The molecule has 0 aliphatic rings. The number of allylic oxidation sites excluding steroid dienone is 5. The zero-order valence-corrected chi connectivity index (χ0v) is 43.9. The topological polar surface area (TPSA) is 89.8 Å². The van der Waals surface area contributed by atoms with E-state index in [2.05, 4.69) is 43.5 Å². The van der Waals surface area contributed by atoms with Gasteiger partial charge in [0, 0.05) is 0 Å². The Morgan fingerprint density at radius 1 is 0.385 bits per heavy atom. The predicted octanol–water partition coefficient (Wildman–Crippen LogP) is 18.2. The van der Waals surface area contributed by atoms with Gasteiger partial charge in [-0.25, -0.2) is 0 Å². The molecule has 0 aliphatic carbocycles. The van der Waals surface area contributed by atoms with Gasteiger partial charge in [0.2, 0.25) is 5.91 Å². The lowest BCUT2D eigenvalue weighted by Crippen LogP contribution is -2.45. The summed E-state index contributed by atoms with van der Waals surface area (Å²) in [7, 11) is 0. The summed E-state index contributed by atoms with van der Waals surface area (Å²) in [5, 5.41) is 33.5. The van der Waals surface area contributed by atoms with E-state index in [4.69, 9.17) is 0 Å². The highest BCUT2D eigenvalue weighted by Crippen LogP contribution is 2.17. The quantitative estimate of drug-likeness (QED) is 0.0361. The summed E-state index contributed by atoms with van der Waals surface area (Å²) < 4.78 is 0. The Morgan fingerprint density at radius 2 is 0.662 bits per heavy atom. The summed E-state index contributed by atoms with van der Waals surface area (Å²) in [6.07, 6.45) is 72.0. The summed E-state index contributed by atoms with van der Waals surface area (Å²) >= 11 is 0. The third-order valence-electron chi connectivity index (χ3n) is 13.6. The molecular formula is C60H115NO4. The normalized spacial score (nSPS) is 13.5. The predicted molar refractivity (Wildman–Crippen MR) is 287 cm³/mol. The molecule has 0 bridgehead atoms. The van der Waals surface area contributed by atoms with Gasteiger partial charge in [0.05, 0.1) is 31.3 Å². The van der Waals surface area contributed by atoms with Gasteiger partial charge in [0.15, 0.2) is 0 Å². The van der Waals surface area contributed by atoms with Crippen molar-refractivity contribution >= 4 is 5.91 Å². The number of unbranched alkanes of at least 4 members (excludes halogenated alkanes) is 41. The highest BCUT2D eigenvalue weighted by molar-refractivity contribution is 5.76. The lowest BCUT2D eigenvalue weighted by molar-refractivity contribution is -0.124. The van der Waals surface area contributed by atoms with Crippen molar-refractivity contribution in [3.63, 3.8) is 0 Å². The van der Waals surface area contributed by atoms with Crippen molar-refractivity contribution in [3.05, 3.63) is 36.5 Å². The average Bonchev–Trinajstić information content (AvgIpc) is 3.30. The van der Waals surface area contributed by atoms with Crippen molar-refractivity contribution in [1.29, 1.82) is 0 Å². The van der Waals surface area contributed by atoms with Crippen LogP contribution in [-0.2, 0) is 4.79 Å². The maximum Gasteiger partial charge on any atom is 0.222 e. The van der Waals surface area contributed by atoms with Crippen LogP contribution in [0.25, 0.3) is 0 Å². The fourth-order valence-electron chi connectivity index (χ4n) is 9.18. The minimum Gasteiger partial charge on any atom is -0.394 e. The molecule has 0 heterocycles. The fourth-order valence-corrected chi connectivity index (χ4v) is 9.18. The number of aliphatic hydroxyl groups is 3. The SMILES string of the molecule is CCCCCCCCCCCCCC/C=C\CCCCCCCCCCCCCCCC(O)CC(=O)NC(CO)C(O)/C=C/CC/C=C/CCCCCCCCCCCCCCCCC. The van der Waals surface area contributed by atoms with Gasteiger partial charge in [-0.05, 0) is 57.8 Å². The number of hydrogen-bond acceptors (Lipinski definition) is 4. The zero-order valence-electron chi connectivity index (χ0n) is 43.9. The van der Waals surface area contributed by atoms with Gasteiger partial charge in [-0.15, -0.1) is 0 Å². The van der Waals surface area contributed by atoms with Crippen LogP contribution >= 0.6 is 0 Å². The Labute approximate surface area is 406 Å². The molecule has 5 nitrogen and oxygen atoms in total. The van der Waals surface area contributed by atoms with Gasteiger partial charge in [-0.2, -0.15) is 0 Å². The van der Waals surface area contributed by atoms with E-state index in [1.165, 1.54) is 257 Å². The standard InChI is InChI=1S/C60H115NO4/c1-3-5-7-9-11-13-15-17-19-21-23-25-26-27-28-29-30-31-32-34-35-37-39-41-43-45-47-49-51-53-57(63)55-60(65)61-58(56-62)59(64)54-52-50-48-46-44-42-40-38-36-33-24-22-20-18-16-14-12-10-8-6-4-2/h27-28,44,46,52,54,57-59,62-64H,3-26,29-43,45,47-51,53,55-56H2,1-2H3,(H,61,65)/b28-27-,46-44+,54-52+. The Bertz CT molecular complexity index is 1010. The van der Waals surface area contributed by atoms with E-state index >= 15 is 0 Å². The third kappa shape index (κ3) is 51.8. The molecule has 3 atom stereocenters. The summed E-state index contributed by atoms with van der Waals surface area (Å²) in [6, 6.07) is -0.761. The Morgan fingerprint density at radius 3 is 0.985 bits per heavy atom. The number of rotatable bonds is 54. The number of nitrogens with one attached hydrogen (secondary N) is 1. The molecule has 0 aliphatic heterocycles. The van der Waals surface area contributed by atoms with E-state index in [-0.39, 0.29) is 18.9 Å². The molecule has 0 aromatic heterocycles. The second-order valence-electron chi connectivity index (χ2n) is 20.2. The molecule has 0 fully saturated rings. The number of amides is 1. The van der Waals surface area contributed by atoms with Crippen LogP contribution in [0.5, 0.6) is 0 Å². The average molecular weight is 915 g/mol. The van der Waals surface area contributed by atoms with E-state index in [0.717, 1.165) is 32.1 Å². The monoisotopic (exact) mass is 914 g/mol. The van der Waals surface area contributed by atoms with Gasteiger partial charge in [-0.3, -0.25) is 4.79 Å². The lowest BCUT2D eigenvalue weighted by Gasteiger charge is -2.21. The number of carbonyl (C=O) groups excluding carboxylic acids is 1. The summed E-state index contributed by atoms with van der Waals surface area (Å²) in [4.78, 5) is 12.5. The smallest absolute Gasteiger partial charge is 0.222 e. The van der Waals surface area contributed by atoms with Crippen LogP contribution in [0.1, 0.15) is 316 Å². The Hall–Kier alpha value is -1.43. The van der Waals surface area contributed by atoms with Crippen LogP contribution < -0.4 is 5.32 Å². The van der Waals surface area contributed by atoms with E-state index in [1.54, 1.807) is 6.08 Å². The highest BCUT2D eigenvalue weighted by atomic mass is 16.3.